The van der Waals surface area contributed by atoms with Crippen LogP contribution in [0.1, 0.15) is 30.7 Å². The summed E-state index contributed by atoms with van der Waals surface area (Å²) >= 11 is 1.66. The third-order valence-electron chi connectivity index (χ3n) is 2.81. The molecule has 0 aromatic carbocycles. The molecular formula is C12H16O3S. The zero-order valence-electron chi connectivity index (χ0n) is 9.62. The quantitative estimate of drug-likeness (QED) is 0.761. The summed E-state index contributed by atoms with van der Waals surface area (Å²) in [4.78, 5) is 12.7. The highest BCUT2D eigenvalue weighted by Crippen LogP contribution is 2.39. The standard InChI is InChI=1S/C12H16O3S/c1-3-14-10(13)8-12(2)11-9(4-6-15-12)5-7-16-11/h5,7H,3-4,6,8H2,1-2H3. The van der Waals surface area contributed by atoms with Crippen molar-refractivity contribution in [1.82, 2.24) is 0 Å². The minimum Gasteiger partial charge on any atom is -0.466 e. The Kier molecular flexibility index (Phi) is 3.30. The van der Waals surface area contributed by atoms with Crippen LogP contribution in [-0.4, -0.2) is 19.2 Å². The van der Waals surface area contributed by atoms with Crippen molar-refractivity contribution in [2.75, 3.05) is 13.2 Å². The highest BCUT2D eigenvalue weighted by atomic mass is 32.1. The Morgan fingerprint density at radius 2 is 2.50 bits per heavy atom. The first-order valence-electron chi connectivity index (χ1n) is 5.52. The second kappa shape index (κ2) is 4.55. The summed E-state index contributed by atoms with van der Waals surface area (Å²) in [6, 6.07) is 2.12. The van der Waals surface area contributed by atoms with Gasteiger partial charge in [-0.2, -0.15) is 0 Å². The summed E-state index contributed by atoms with van der Waals surface area (Å²) in [5.41, 5.74) is 0.816. The monoisotopic (exact) mass is 240 g/mol. The maximum Gasteiger partial charge on any atom is 0.309 e. The van der Waals surface area contributed by atoms with Gasteiger partial charge in [0.2, 0.25) is 0 Å². The lowest BCUT2D eigenvalue weighted by Crippen LogP contribution is -2.34. The Labute approximate surface area is 99.4 Å². The van der Waals surface area contributed by atoms with Crippen molar-refractivity contribution in [2.45, 2.75) is 32.3 Å². The fourth-order valence-electron chi connectivity index (χ4n) is 2.07. The van der Waals surface area contributed by atoms with Gasteiger partial charge in [-0.15, -0.1) is 11.3 Å². The molecule has 2 rings (SSSR count). The van der Waals surface area contributed by atoms with Crippen LogP contribution in [0.15, 0.2) is 11.4 Å². The first-order valence-corrected chi connectivity index (χ1v) is 6.40. The Hall–Kier alpha value is -0.870. The van der Waals surface area contributed by atoms with Crippen molar-refractivity contribution in [2.24, 2.45) is 0 Å². The van der Waals surface area contributed by atoms with E-state index in [0.29, 0.717) is 19.6 Å². The van der Waals surface area contributed by atoms with E-state index in [1.165, 1.54) is 10.4 Å². The first-order chi connectivity index (χ1) is 7.65. The van der Waals surface area contributed by atoms with Gasteiger partial charge in [0, 0.05) is 4.88 Å². The van der Waals surface area contributed by atoms with Crippen LogP contribution in [0.2, 0.25) is 0 Å². The van der Waals surface area contributed by atoms with E-state index in [1.54, 1.807) is 11.3 Å². The largest absolute Gasteiger partial charge is 0.466 e. The Bertz CT molecular complexity index is 385. The molecule has 0 spiro atoms. The molecular weight excluding hydrogens is 224 g/mol. The summed E-state index contributed by atoms with van der Waals surface area (Å²) in [6.07, 6.45) is 1.24. The molecule has 1 aliphatic rings. The molecule has 0 fully saturated rings. The van der Waals surface area contributed by atoms with Crippen LogP contribution >= 0.6 is 11.3 Å². The normalized spacial score (nSPS) is 23.9. The molecule has 88 valence electrons. The fourth-order valence-corrected chi connectivity index (χ4v) is 3.14. The molecule has 2 heterocycles. The number of fused-ring (bicyclic) bond motifs is 1. The van der Waals surface area contributed by atoms with Crippen LogP contribution in [0, 0.1) is 0 Å². The van der Waals surface area contributed by atoms with E-state index >= 15 is 0 Å². The van der Waals surface area contributed by atoms with Crippen LogP contribution in [0.5, 0.6) is 0 Å². The molecule has 0 bridgehead atoms. The highest BCUT2D eigenvalue weighted by molar-refractivity contribution is 7.10. The second-order valence-corrected chi connectivity index (χ2v) is 5.00. The van der Waals surface area contributed by atoms with E-state index in [1.807, 2.05) is 13.8 Å². The molecule has 4 heteroatoms. The van der Waals surface area contributed by atoms with Crippen molar-refractivity contribution in [3.63, 3.8) is 0 Å². The summed E-state index contributed by atoms with van der Waals surface area (Å²) in [7, 11) is 0. The zero-order chi connectivity index (χ0) is 11.6. The van der Waals surface area contributed by atoms with Gasteiger partial charge in [-0.1, -0.05) is 0 Å². The number of thiophene rings is 1. The van der Waals surface area contributed by atoms with E-state index in [-0.39, 0.29) is 5.97 Å². The maximum atomic E-state index is 11.6. The van der Waals surface area contributed by atoms with E-state index in [2.05, 4.69) is 11.4 Å². The Morgan fingerprint density at radius 3 is 3.25 bits per heavy atom. The molecule has 3 nitrogen and oxygen atoms in total. The number of carbonyl (C=O) groups is 1. The summed E-state index contributed by atoms with van der Waals surface area (Å²) < 4.78 is 10.8. The van der Waals surface area contributed by atoms with Crippen LogP contribution in [0.3, 0.4) is 0 Å². The third-order valence-corrected chi connectivity index (χ3v) is 4.01. The topological polar surface area (TPSA) is 35.5 Å². The molecule has 0 radical (unpaired) electrons. The number of hydrogen-bond acceptors (Lipinski definition) is 4. The van der Waals surface area contributed by atoms with E-state index in [0.717, 1.165) is 6.42 Å². The van der Waals surface area contributed by atoms with Crippen molar-refractivity contribution in [3.8, 4) is 0 Å². The average molecular weight is 240 g/mol. The number of carbonyl (C=O) groups excluding carboxylic acids is 1. The van der Waals surface area contributed by atoms with Crippen LogP contribution in [-0.2, 0) is 26.3 Å². The van der Waals surface area contributed by atoms with E-state index in [9.17, 15) is 4.79 Å². The second-order valence-electron chi connectivity index (χ2n) is 4.09. The van der Waals surface area contributed by atoms with Gasteiger partial charge in [0.25, 0.3) is 0 Å². The van der Waals surface area contributed by atoms with Crippen molar-refractivity contribution in [1.29, 1.82) is 0 Å². The van der Waals surface area contributed by atoms with Crippen LogP contribution in [0.25, 0.3) is 0 Å². The minimum atomic E-state index is -0.492. The van der Waals surface area contributed by atoms with Crippen molar-refractivity contribution in [3.05, 3.63) is 21.9 Å². The van der Waals surface area contributed by atoms with Crippen molar-refractivity contribution >= 4 is 17.3 Å². The third kappa shape index (κ3) is 2.13. The summed E-state index contributed by atoms with van der Waals surface area (Å²) in [5, 5.41) is 2.06. The SMILES string of the molecule is CCOC(=O)CC1(C)OCCc2ccsc21. The van der Waals surface area contributed by atoms with Gasteiger partial charge in [0.05, 0.1) is 19.6 Å². The number of hydrogen-bond donors (Lipinski definition) is 0. The average Bonchev–Trinajstić information content (AvgIpc) is 2.67. The zero-order valence-corrected chi connectivity index (χ0v) is 10.4. The lowest BCUT2D eigenvalue weighted by Gasteiger charge is -2.33. The maximum absolute atomic E-state index is 11.6. The van der Waals surface area contributed by atoms with Crippen molar-refractivity contribution < 1.29 is 14.3 Å². The molecule has 0 saturated carbocycles. The smallest absolute Gasteiger partial charge is 0.309 e. The molecule has 1 atom stereocenters. The Balaban J connectivity index is 2.17. The van der Waals surface area contributed by atoms with Crippen LogP contribution in [0.4, 0.5) is 0 Å². The number of rotatable bonds is 3. The predicted octanol–water partition coefficient (Wildman–Crippen LogP) is 2.49. The molecule has 0 aliphatic carbocycles. The van der Waals surface area contributed by atoms with Gasteiger partial charge < -0.3 is 9.47 Å². The minimum absolute atomic E-state index is 0.189. The van der Waals surface area contributed by atoms with E-state index < -0.39 is 5.60 Å². The highest BCUT2D eigenvalue weighted by Gasteiger charge is 2.37. The summed E-state index contributed by atoms with van der Waals surface area (Å²) in [5.74, 6) is -0.189. The number of ether oxygens (including phenoxy) is 2. The molecule has 1 aliphatic heterocycles. The van der Waals surface area contributed by atoms with Gasteiger partial charge in [-0.25, -0.2) is 0 Å². The van der Waals surface area contributed by atoms with Gasteiger partial charge in [-0.05, 0) is 37.3 Å². The lowest BCUT2D eigenvalue weighted by atomic mass is 9.93. The van der Waals surface area contributed by atoms with Gasteiger partial charge in [-0.3, -0.25) is 4.79 Å². The molecule has 1 aromatic rings. The molecule has 0 saturated heterocycles. The summed E-state index contributed by atoms with van der Waals surface area (Å²) in [6.45, 7) is 4.89. The van der Waals surface area contributed by atoms with E-state index in [4.69, 9.17) is 9.47 Å². The first kappa shape index (κ1) is 11.6. The molecule has 0 N–H and O–H groups in total. The van der Waals surface area contributed by atoms with Crippen LogP contribution < -0.4 is 0 Å². The molecule has 1 aromatic heterocycles. The lowest BCUT2D eigenvalue weighted by molar-refractivity contribution is -0.152. The predicted molar refractivity (Wildman–Crippen MR) is 62.6 cm³/mol. The fraction of sp³-hybridized carbons (Fsp3) is 0.583. The molecule has 1 unspecified atom stereocenters. The Morgan fingerprint density at radius 1 is 1.69 bits per heavy atom. The van der Waals surface area contributed by atoms with Gasteiger partial charge in [0.1, 0.15) is 5.60 Å². The van der Waals surface area contributed by atoms with Gasteiger partial charge in [0.15, 0.2) is 0 Å². The van der Waals surface area contributed by atoms with Gasteiger partial charge >= 0.3 is 5.97 Å². The molecule has 16 heavy (non-hydrogen) atoms. The molecule has 0 amide bonds. The number of esters is 1.